The minimum atomic E-state index is -4.87. The van der Waals surface area contributed by atoms with Gasteiger partial charge in [-0.1, -0.05) is 83.7 Å². The number of nitrogens with zero attached hydrogens (tertiary/aromatic N) is 3. The van der Waals surface area contributed by atoms with Gasteiger partial charge in [0.25, 0.3) is 43.3 Å². The number of nitrogens with one attached hydrogen (secondary N) is 1. The van der Waals surface area contributed by atoms with E-state index in [0.29, 0.717) is 28.0 Å². The molecule has 536 valence electrons. The Kier molecular flexibility index (Phi) is 50.8. The zero-order chi connectivity index (χ0) is 70.3. The van der Waals surface area contributed by atoms with Crippen molar-refractivity contribution in [2.24, 2.45) is 5.73 Å². The molecule has 0 aromatic heterocycles. The summed E-state index contributed by atoms with van der Waals surface area (Å²) in [5, 5.41) is 3.82. The number of amides is 7. The molecule has 37 heteroatoms. The second-order valence-corrected chi connectivity index (χ2v) is 22.7. The van der Waals surface area contributed by atoms with Crippen LogP contribution in [0.5, 0.6) is 0 Å². The van der Waals surface area contributed by atoms with Gasteiger partial charge in [-0.2, -0.15) is 0 Å². The van der Waals surface area contributed by atoms with E-state index in [9.17, 15) is 86.0 Å². The Morgan fingerprint density at radius 2 is 0.802 bits per heavy atom. The summed E-state index contributed by atoms with van der Waals surface area (Å²) in [4.78, 5) is 198. The van der Waals surface area contributed by atoms with Crippen LogP contribution < -0.4 is 45.5 Å². The molecule has 0 spiro atoms. The first-order chi connectivity index (χ1) is 44.7. The van der Waals surface area contributed by atoms with E-state index >= 15 is 0 Å². The van der Waals surface area contributed by atoms with Crippen LogP contribution in [-0.4, -0.2) is 168 Å². The molecule has 0 radical (unpaired) electrons. The minimum Gasteiger partial charge on any atom is -0.756 e. The van der Waals surface area contributed by atoms with Gasteiger partial charge in [-0.3, -0.25) is 66.4 Å². The summed E-state index contributed by atoms with van der Waals surface area (Å²) in [6, 6.07) is 0. The monoisotopic (exact) mass is 1420 g/mol. The molecule has 0 aliphatic carbocycles. The normalized spacial score (nSPS) is 15.6. The average Bonchev–Trinajstić information content (AvgIpc) is 1.76. The standard InChI is InChI=1S/C27H41N2O13P.C17H30NO8P.C14H16N2O8.CH4.Na/c1-3-5-7-12-25(33)38-19-21(41-26(34)13-8-6-4-2)20-40-43(36,37)39-18-17-28-22(30)11-9-10-14-27(35)42-29-23(31)15-16-24(29)32;1-3-5-7-9-16(19)23-13-15(26-17(20)10-8-6-4-2)14-25-27(21,22)24-12-11-18;17-9-5-6-10(18)15(9)23-13(21)3-1-2-4-14(22)24-16-11(19)7-8-12(16)20;;/h5-8,21H,3-4,9-20H2,1-2H3,(H,28,30)(H,36,37);5-8,15H,3-4,9-14,18H2,1-2H3,(H,21,22);1-8H2;1H4;/q;;;;+1/p-1/b2*7-5-,8-6-;;;. The molecule has 96 heavy (non-hydrogen) atoms. The van der Waals surface area contributed by atoms with Crippen molar-refractivity contribution in [2.45, 2.75) is 189 Å². The van der Waals surface area contributed by atoms with Gasteiger partial charge in [0, 0.05) is 77.3 Å². The number of ether oxygens (including phenoxy) is 4. The Balaban J connectivity index is 0. The van der Waals surface area contributed by atoms with Crippen LogP contribution in [0.1, 0.15) is 176 Å². The second-order valence-electron chi connectivity index (χ2n) is 19.8. The predicted octanol–water partition coefficient (Wildman–Crippen LogP) is 1.59. The Bertz CT molecular complexity index is 2660. The number of carbonyl (C=O) groups excluding carboxylic acids is 14. The number of hydroxylamine groups is 6. The molecule has 4 atom stereocenters. The molecule has 3 saturated heterocycles. The molecular weight excluding hydrogens is 1330 g/mol. The van der Waals surface area contributed by atoms with E-state index in [1.165, 1.54) is 0 Å². The first-order valence-electron chi connectivity index (χ1n) is 30.4. The van der Waals surface area contributed by atoms with Gasteiger partial charge in [-0.15, -0.1) is 15.2 Å². The van der Waals surface area contributed by atoms with E-state index in [-0.39, 0.29) is 172 Å². The zero-order valence-electron chi connectivity index (χ0n) is 54.2. The fraction of sp³-hybridized carbons (Fsp3) is 0.627. The summed E-state index contributed by atoms with van der Waals surface area (Å²) in [5.41, 5.74) is 5.19. The van der Waals surface area contributed by atoms with Crippen LogP contribution in [-0.2, 0) is 128 Å². The molecule has 3 heterocycles. The number of imide groups is 3. The average molecular weight is 1420 g/mol. The molecule has 0 aromatic rings. The van der Waals surface area contributed by atoms with Crippen LogP contribution in [0.3, 0.4) is 0 Å². The van der Waals surface area contributed by atoms with Crippen molar-refractivity contribution in [1.29, 1.82) is 0 Å². The fourth-order valence-corrected chi connectivity index (χ4v) is 8.62. The SMILES string of the molecule is C.CC/C=C\CC(=O)OCC(COP(=O)(O)OCCN)OC(=O)C/C=C\CC.CC/C=C\CC(=O)OCC(COP(=O)([O-])OCCNC(=O)CCCCC(=O)ON1C(=O)CCC1=O)OC(=O)C/C=C\CC.O=C(CCCCC(=O)ON1C(=O)CCC1=O)ON1C(=O)CCC1=O.[Na+]. The zero-order valence-corrected chi connectivity index (χ0v) is 58.0. The van der Waals surface area contributed by atoms with Crippen molar-refractivity contribution in [2.75, 3.05) is 52.7 Å². The summed E-state index contributed by atoms with van der Waals surface area (Å²) in [5.74, 6) is -8.45. The molecule has 3 rings (SSSR count). The number of phosphoric ester groups is 2. The van der Waals surface area contributed by atoms with Gasteiger partial charge >= 0.3 is 79.2 Å². The fourth-order valence-electron chi connectivity index (χ4n) is 7.12. The topological polar surface area (TPSA) is 466 Å². The number of phosphoric acid groups is 2. The summed E-state index contributed by atoms with van der Waals surface area (Å²) in [6.07, 6.45) is 15.3. The molecule has 4 unspecified atom stereocenters. The molecule has 3 aliphatic rings. The number of hydrogen-bond donors (Lipinski definition) is 3. The number of rotatable bonds is 44. The summed E-state index contributed by atoms with van der Waals surface area (Å²) < 4.78 is 63.1. The third-order valence-corrected chi connectivity index (χ3v) is 13.7. The summed E-state index contributed by atoms with van der Waals surface area (Å²) in [7, 11) is -9.20. The van der Waals surface area contributed by atoms with Crippen molar-refractivity contribution in [3.8, 4) is 0 Å². The molecule has 3 aliphatic heterocycles. The van der Waals surface area contributed by atoms with Crippen LogP contribution in [0, 0.1) is 0 Å². The van der Waals surface area contributed by atoms with Crippen molar-refractivity contribution in [3.05, 3.63) is 48.6 Å². The van der Waals surface area contributed by atoms with Crippen LogP contribution in [0.15, 0.2) is 48.6 Å². The van der Waals surface area contributed by atoms with E-state index in [1.807, 2.05) is 33.8 Å². The maximum atomic E-state index is 12.1. The van der Waals surface area contributed by atoms with Gasteiger partial charge in [0.2, 0.25) is 5.91 Å². The predicted molar refractivity (Wildman–Crippen MR) is 326 cm³/mol. The molecule has 34 nitrogen and oxygen atoms in total. The van der Waals surface area contributed by atoms with Crippen molar-refractivity contribution >= 4 is 98.8 Å². The van der Waals surface area contributed by atoms with E-state index in [4.69, 9.17) is 43.1 Å². The smallest absolute Gasteiger partial charge is 0.756 e. The Morgan fingerprint density at radius 1 is 0.479 bits per heavy atom. The van der Waals surface area contributed by atoms with Gasteiger partial charge in [-0.05, 0) is 51.4 Å². The molecule has 0 aromatic carbocycles. The largest absolute Gasteiger partial charge is 1.00 e. The number of hydrogen-bond acceptors (Lipinski definition) is 29. The Labute approximate surface area is 579 Å². The van der Waals surface area contributed by atoms with Crippen molar-refractivity contribution in [3.63, 3.8) is 0 Å². The van der Waals surface area contributed by atoms with Crippen LogP contribution >= 0.6 is 15.6 Å². The summed E-state index contributed by atoms with van der Waals surface area (Å²) in [6.45, 7) is 5.04. The molecule has 4 N–H and O–H groups in total. The third-order valence-electron chi connectivity index (χ3n) is 11.7. The number of esters is 4. The van der Waals surface area contributed by atoms with E-state index < -0.39 is 137 Å². The quantitative estimate of drug-likeness (QED) is 0.0148. The van der Waals surface area contributed by atoms with Gasteiger partial charge in [-0.25, -0.2) is 18.9 Å². The molecule has 3 fully saturated rings. The molecule has 7 amide bonds. The number of carbonyl (C=O) groups is 14. The molecular formula is C59H90N5NaO29P2. The second kappa shape index (κ2) is 53.4. The van der Waals surface area contributed by atoms with Gasteiger partial charge in [0.15, 0.2) is 12.2 Å². The first-order valence-corrected chi connectivity index (χ1v) is 33.3. The van der Waals surface area contributed by atoms with Crippen LogP contribution in [0.25, 0.3) is 0 Å². The maximum Gasteiger partial charge on any atom is 1.00 e. The van der Waals surface area contributed by atoms with E-state index in [1.54, 1.807) is 42.5 Å². The third kappa shape index (κ3) is 44.2. The van der Waals surface area contributed by atoms with Crippen molar-refractivity contribution in [1.82, 2.24) is 20.5 Å². The Morgan fingerprint density at radius 3 is 1.14 bits per heavy atom. The number of nitrogens with two attached hydrogens (primary N) is 1. The summed E-state index contributed by atoms with van der Waals surface area (Å²) >= 11 is 0. The minimum absolute atomic E-state index is 0. The van der Waals surface area contributed by atoms with Crippen LogP contribution in [0.2, 0.25) is 0 Å². The van der Waals surface area contributed by atoms with Crippen molar-refractivity contribution < 1.29 is 167 Å². The van der Waals surface area contributed by atoms with Gasteiger partial charge in [0.1, 0.15) is 13.2 Å². The number of allylic oxidation sites excluding steroid dienone is 4. The Hall–Kier alpha value is -6.68. The first kappa shape index (κ1) is 91.4. The maximum absolute atomic E-state index is 12.1. The molecule has 0 saturated carbocycles. The molecule has 0 bridgehead atoms. The van der Waals surface area contributed by atoms with E-state index in [0.717, 1.165) is 19.3 Å². The van der Waals surface area contributed by atoms with E-state index in [2.05, 4.69) is 19.5 Å². The van der Waals surface area contributed by atoms with Gasteiger partial charge in [0.05, 0.1) is 52.1 Å². The van der Waals surface area contributed by atoms with Gasteiger partial charge < -0.3 is 63.3 Å². The van der Waals surface area contributed by atoms with Crippen LogP contribution in [0.4, 0.5) is 0 Å². The number of unbranched alkanes of at least 4 members (excludes halogenated alkanes) is 2.